The maximum atomic E-state index is 15.5. The number of hydrogen-bond acceptors (Lipinski definition) is 9. The van der Waals surface area contributed by atoms with Gasteiger partial charge in [0.15, 0.2) is 5.82 Å². The molecule has 12 nitrogen and oxygen atoms in total. The van der Waals surface area contributed by atoms with Gasteiger partial charge in [0.25, 0.3) is 0 Å². The van der Waals surface area contributed by atoms with Gasteiger partial charge in [-0.2, -0.15) is 18.2 Å². The molecule has 2 fully saturated rings. The number of carbonyl (C=O) groups is 3. The number of ether oxygens (including phenoxy) is 1. The molecular formula is C31H33F4N7O5. The summed E-state index contributed by atoms with van der Waals surface area (Å²) in [5, 5.41) is 4.07. The van der Waals surface area contributed by atoms with Crippen LogP contribution in [0.4, 0.5) is 39.5 Å². The lowest BCUT2D eigenvalue weighted by atomic mass is 9.95. The Morgan fingerprint density at radius 1 is 1.09 bits per heavy atom. The Labute approximate surface area is 267 Å². The number of nitrogens with zero attached hydrogens (tertiary/aromatic N) is 7. The van der Waals surface area contributed by atoms with E-state index in [9.17, 15) is 27.6 Å². The van der Waals surface area contributed by atoms with E-state index in [4.69, 9.17) is 9.26 Å². The van der Waals surface area contributed by atoms with Crippen molar-refractivity contribution >= 4 is 35.1 Å². The van der Waals surface area contributed by atoms with Crippen molar-refractivity contribution in [2.75, 3.05) is 41.4 Å². The van der Waals surface area contributed by atoms with E-state index >= 15 is 4.39 Å². The number of fused-ring (bicyclic) bond motifs is 2. The monoisotopic (exact) mass is 659 g/mol. The van der Waals surface area contributed by atoms with Crippen LogP contribution in [0.5, 0.6) is 0 Å². The Balaban J connectivity index is 1.29. The van der Waals surface area contributed by atoms with Crippen molar-refractivity contribution in [3.05, 3.63) is 59.1 Å². The minimum absolute atomic E-state index is 0.0274. The van der Waals surface area contributed by atoms with Crippen LogP contribution in [0.1, 0.15) is 56.1 Å². The van der Waals surface area contributed by atoms with Crippen molar-refractivity contribution in [2.24, 2.45) is 5.92 Å². The summed E-state index contributed by atoms with van der Waals surface area (Å²) in [5.41, 5.74) is -1.35. The van der Waals surface area contributed by atoms with E-state index in [-0.39, 0.29) is 54.2 Å². The first kappa shape index (κ1) is 32.2. The van der Waals surface area contributed by atoms with Crippen LogP contribution in [0.3, 0.4) is 0 Å². The third-order valence-corrected chi connectivity index (χ3v) is 8.33. The fourth-order valence-corrected chi connectivity index (χ4v) is 6.19. The van der Waals surface area contributed by atoms with Crippen molar-refractivity contribution in [3.63, 3.8) is 0 Å². The first-order chi connectivity index (χ1) is 22.0. The number of benzene rings is 1. The Morgan fingerprint density at radius 2 is 1.81 bits per heavy atom. The molecule has 0 saturated carbocycles. The number of halogens is 4. The molecule has 2 aromatic heterocycles. The minimum atomic E-state index is -4.70. The van der Waals surface area contributed by atoms with Crippen LogP contribution in [0.2, 0.25) is 0 Å². The Morgan fingerprint density at radius 3 is 2.49 bits per heavy atom. The second-order valence-electron chi connectivity index (χ2n) is 13.0. The molecule has 6 rings (SSSR count). The minimum Gasteiger partial charge on any atom is -0.444 e. The molecule has 0 unspecified atom stereocenters. The number of carbonyl (C=O) groups excluding carboxylic acids is 3. The molecule has 0 radical (unpaired) electrons. The number of aromatic nitrogens is 3. The Hall–Kier alpha value is -4.76. The van der Waals surface area contributed by atoms with E-state index in [2.05, 4.69) is 15.1 Å². The van der Waals surface area contributed by atoms with Gasteiger partial charge in [-0.05, 0) is 52.0 Å². The Kier molecular flexibility index (Phi) is 7.87. The zero-order chi connectivity index (χ0) is 34.0. The standard InChI is InChI=1S/C31H33F4N7O5/c1-16-9-19(31(33,34)35)11-22(36-16)42-24(43)10-17-12-40(26-20(32)7-6-8-21(26)39(5)28(44)25(17)42)15-23-37-27(38-47-23)18-13-41(14-18)29(45)46-30(2,3)4/h6-9,11,17-18,25H,10,12-15H2,1-5H3/t17-,25+/m1/s1. The molecule has 47 heavy (non-hydrogen) atoms. The zero-order valence-electron chi connectivity index (χ0n) is 26.3. The molecule has 5 heterocycles. The molecule has 16 heteroatoms. The summed E-state index contributed by atoms with van der Waals surface area (Å²) >= 11 is 0. The molecule has 1 aromatic carbocycles. The fraction of sp³-hybridized carbons (Fsp3) is 0.484. The van der Waals surface area contributed by atoms with Gasteiger partial charge in [-0.1, -0.05) is 11.2 Å². The number of anilines is 3. The summed E-state index contributed by atoms with van der Waals surface area (Å²) in [6, 6.07) is 4.62. The van der Waals surface area contributed by atoms with Gasteiger partial charge in [0.2, 0.25) is 17.7 Å². The fourth-order valence-electron chi connectivity index (χ4n) is 6.19. The number of alkyl halides is 3. The van der Waals surface area contributed by atoms with Crippen LogP contribution >= 0.6 is 0 Å². The number of para-hydroxylation sites is 1. The number of likely N-dealkylation sites (N-methyl/N-ethyl adjacent to an activating group) is 1. The number of amides is 3. The highest BCUT2D eigenvalue weighted by Crippen LogP contribution is 2.42. The first-order valence-corrected chi connectivity index (χ1v) is 15.0. The van der Waals surface area contributed by atoms with Gasteiger partial charge in [0.1, 0.15) is 23.3 Å². The van der Waals surface area contributed by atoms with Crippen molar-refractivity contribution in [3.8, 4) is 0 Å². The van der Waals surface area contributed by atoms with E-state index in [1.165, 1.54) is 42.0 Å². The summed E-state index contributed by atoms with van der Waals surface area (Å²) < 4.78 is 67.5. The smallest absolute Gasteiger partial charge is 0.416 e. The Bertz CT molecular complexity index is 1730. The van der Waals surface area contributed by atoms with E-state index < -0.39 is 53.0 Å². The lowest BCUT2D eigenvalue weighted by molar-refractivity contribution is -0.137. The molecule has 0 aliphatic carbocycles. The first-order valence-electron chi connectivity index (χ1n) is 15.0. The highest BCUT2D eigenvalue weighted by atomic mass is 19.4. The molecular weight excluding hydrogens is 626 g/mol. The van der Waals surface area contributed by atoms with Gasteiger partial charge in [-0.25, -0.2) is 14.2 Å². The SMILES string of the molecule is Cc1cc(C(F)(F)F)cc(N2C(=O)C[C@@H]3CN(Cc4nc(C5CN(C(=O)OC(C)(C)C)C5)no4)c4c(F)cccc4N(C)C(=O)[C@H]32)n1. The van der Waals surface area contributed by atoms with Gasteiger partial charge in [0.05, 0.1) is 29.4 Å². The van der Waals surface area contributed by atoms with Gasteiger partial charge >= 0.3 is 12.3 Å². The van der Waals surface area contributed by atoms with Crippen molar-refractivity contribution < 1.29 is 41.2 Å². The van der Waals surface area contributed by atoms with Crippen molar-refractivity contribution in [1.29, 1.82) is 0 Å². The lowest BCUT2D eigenvalue weighted by Gasteiger charge is -2.38. The highest BCUT2D eigenvalue weighted by molar-refractivity contribution is 6.10. The normalized spacial score (nSPS) is 20.5. The molecule has 250 valence electrons. The van der Waals surface area contributed by atoms with E-state index in [0.29, 0.717) is 18.9 Å². The summed E-state index contributed by atoms with van der Waals surface area (Å²) in [6.07, 6.45) is -5.34. The van der Waals surface area contributed by atoms with Crippen LogP contribution in [0, 0.1) is 18.7 Å². The maximum Gasteiger partial charge on any atom is 0.416 e. The topological polar surface area (TPSA) is 125 Å². The molecule has 2 saturated heterocycles. The summed E-state index contributed by atoms with van der Waals surface area (Å²) in [5.74, 6) is -2.56. The molecule has 3 amide bonds. The number of pyridine rings is 1. The van der Waals surface area contributed by atoms with Crippen LogP contribution in [0.25, 0.3) is 0 Å². The van der Waals surface area contributed by atoms with E-state index in [0.717, 1.165) is 17.0 Å². The van der Waals surface area contributed by atoms with Crippen LogP contribution in [0.15, 0.2) is 34.9 Å². The lowest BCUT2D eigenvalue weighted by Crippen LogP contribution is -2.52. The van der Waals surface area contributed by atoms with Crippen LogP contribution < -0.4 is 14.7 Å². The second kappa shape index (κ2) is 11.5. The van der Waals surface area contributed by atoms with Gasteiger partial charge in [-0.15, -0.1) is 0 Å². The van der Waals surface area contributed by atoms with E-state index in [1.54, 1.807) is 25.7 Å². The van der Waals surface area contributed by atoms with Crippen LogP contribution in [-0.2, 0) is 27.0 Å². The van der Waals surface area contributed by atoms with Gasteiger partial charge in [0, 0.05) is 44.7 Å². The van der Waals surface area contributed by atoms with E-state index in [1.807, 2.05) is 0 Å². The molecule has 3 aliphatic heterocycles. The number of aryl methyl sites for hydroxylation is 1. The summed E-state index contributed by atoms with van der Waals surface area (Å²) in [4.78, 5) is 53.7. The highest BCUT2D eigenvalue weighted by Gasteiger charge is 2.50. The van der Waals surface area contributed by atoms with Crippen LogP contribution in [-0.4, -0.2) is 76.3 Å². The second-order valence-corrected chi connectivity index (χ2v) is 13.0. The molecule has 2 atom stereocenters. The molecule has 3 aromatic rings. The van der Waals surface area contributed by atoms with Gasteiger partial charge < -0.3 is 24.0 Å². The zero-order valence-corrected chi connectivity index (χ0v) is 26.3. The maximum absolute atomic E-state index is 15.5. The average Bonchev–Trinajstić information content (AvgIpc) is 3.52. The molecule has 0 N–H and O–H groups in total. The number of rotatable bonds is 4. The molecule has 0 spiro atoms. The van der Waals surface area contributed by atoms with Crippen molar-refractivity contribution in [1.82, 2.24) is 20.0 Å². The number of likely N-dealkylation sites (tertiary alicyclic amines) is 1. The molecule has 0 bridgehead atoms. The number of hydrogen-bond donors (Lipinski definition) is 0. The third kappa shape index (κ3) is 6.20. The third-order valence-electron chi connectivity index (χ3n) is 8.33. The largest absolute Gasteiger partial charge is 0.444 e. The quantitative estimate of drug-likeness (QED) is 0.368. The summed E-state index contributed by atoms with van der Waals surface area (Å²) in [7, 11) is 1.42. The van der Waals surface area contributed by atoms with Gasteiger partial charge in [-0.3, -0.25) is 14.5 Å². The van der Waals surface area contributed by atoms with Crippen molar-refractivity contribution in [2.45, 2.75) is 64.4 Å². The predicted octanol–water partition coefficient (Wildman–Crippen LogP) is 4.67. The predicted molar refractivity (Wildman–Crippen MR) is 159 cm³/mol. The summed E-state index contributed by atoms with van der Waals surface area (Å²) in [6.45, 7) is 7.22. The molecule has 3 aliphatic rings. The average molecular weight is 660 g/mol.